The van der Waals surface area contributed by atoms with Gasteiger partial charge in [0.15, 0.2) is 5.76 Å². The number of hydrogen-bond acceptors (Lipinski definition) is 5. The summed E-state index contributed by atoms with van der Waals surface area (Å²) in [6.45, 7) is 3.86. The Morgan fingerprint density at radius 3 is 2.94 bits per heavy atom. The molecule has 2 aromatic rings. The Morgan fingerprint density at radius 2 is 2.22 bits per heavy atom. The Balaban J connectivity index is 2.21. The van der Waals surface area contributed by atoms with E-state index in [1.54, 1.807) is 11.3 Å². The molecule has 1 aliphatic carbocycles. The van der Waals surface area contributed by atoms with Crippen molar-refractivity contribution < 1.29 is 9.21 Å². The molecular formula is C12H13N3O2S. The molecule has 94 valence electrons. The predicted octanol–water partition coefficient (Wildman–Crippen LogP) is 1.72. The van der Waals surface area contributed by atoms with Gasteiger partial charge in [0.25, 0.3) is 0 Å². The zero-order valence-corrected chi connectivity index (χ0v) is 11.0. The number of hydrogen-bond donors (Lipinski definition) is 2. The number of thiazole rings is 1. The third-order valence-corrected chi connectivity index (χ3v) is 4.21. The zero-order valence-electron chi connectivity index (χ0n) is 10.2. The van der Waals surface area contributed by atoms with E-state index < -0.39 is 5.91 Å². The van der Waals surface area contributed by atoms with Crippen molar-refractivity contribution in [1.29, 1.82) is 0 Å². The second kappa shape index (κ2) is 3.93. The van der Waals surface area contributed by atoms with Crippen molar-refractivity contribution in [2.24, 2.45) is 5.84 Å². The van der Waals surface area contributed by atoms with E-state index in [0.29, 0.717) is 5.76 Å². The van der Waals surface area contributed by atoms with E-state index in [1.807, 2.05) is 13.8 Å². The van der Waals surface area contributed by atoms with Gasteiger partial charge >= 0.3 is 5.91 Å². The van der Waals surface area contributed by atoms with E-state index >= 15 is 0 Å². The molecular weight excluding hydrogens is 250 g/mol. The van der Waals surface area contributed by atoms with Crippen LogP contribution in [0.3, 0.4) is 0 Å². The summed E-state index contributed by atoms with van der Waals surface area (Å²) in [5.41, 5.74) is 4.87. The molecule has 0 saturated heterocycles. The summed E-state index contributed by atoms with van der Waals surface area (Å²) >= 11 is 1.71. The van der Waals surface area contributed by atoms with Gasteiger partial charge < -0.3 is 4.42 Å². The van der Waals surface area contributed by atoms with Crippen LogP contribution in [0, 0.1) is 13.8 Å². The zero-order chi connectivity index (χ0) is 12.9. The number of nitrogens with two attached hydrogens (primary N) is 1. The molecule has 0 aliphatic heterocycles. The Morgan fingerprint density at radius 1 is 1.44 bits per heavy atom. The Hall–Kier alpha value is -1.66. The second-order valence-electron chi connectivity index (χ2n) is 4.33. The van der Waals surface area contributed by atoms with Crippen LogP contribution in [0.5, 0.6) is 0 Å². The third kappa shape index (κ3) is 1.49. The average Bonchev–Trinajstić information content (AvgIpc) is 2.88. The molecule has 0 bridgehead atoms. The highest BCUT2D eigenvalue weighted by Gasteiger charge is 2.29. The minimum absolute atomic E-state index is 0.293. The summed E-state index contributed by atoms with van der Waals surface area (Å²) in [6, 6.07) is 0. The molecule has 0 atom stereocenters. The van der Waals surface area contributed by atoms with Crippen molar-refractivity contribution in [3.8, 4) is 11.3 Å². The minimum atomic E-state index is -0.393. The fourth-order valence-corrected chi connectivity index (χ4v) is 3.34. The summed E-state index contributed by atoms with van der Waals surface area (Å²) in [4.78, 5) is 17.4. The maximum atomic E-state index is 11.6. The quantitative estimate of drug-likeness (QED) is 0.466. The first-order chi connectivity index (χ1) is 8.61. The molecule has 2 aromatic heterocycles. The number of nitrogen functional groups attached to an aromatic ring is 1. The molecule has 3 N–H and O–H groups in total. The molecule has 18 heavy (non-hydrogen) atoms. The molecule has 0 aromatic carbocycles. The van der Waals surface area contributed by atoms with Crippen molar-refractivity contribution in [1.82, 2.24) is 10.4 Å². The van der Waals surface area contributed by atoms with E-state index in [1.165, 1.54) is 4.88 Å². The van der Waals surface area contributed by atoms with Crippen molar-refractivity contribution in [2.45, 2.75) is 26.7 Å². The van der Waals surface area contributed by atoms with Crippen molar-refractivity contribution in [3.63, 3.8) is 0 Å². The van der Waals surface area contributed by atoms with Gasteiger partial charge in [0.05, 0.1) is 10.7 Å². The van der Waals surface area contributed by atoms with E-state index in [-0.39, 0.29) is 0 Å². The maximum absolute atomic E-state index is 11.6. The molecule has 1 amide bonds. The first-order valence-corrected chi connectivity index (χ1v) is 6.53. The lowest BCUT2D eigenvalue weighted by Gasteiger charge is -2.09. The highest BCUT2D eigenvalue weighted by Crippen LogP contribution is 2.40. The van der Waals surface area contributed by atoms with Gasteiger partial charge in [-0.15, -0.1) is 11.3 Å². The summed E-state index contributed by atoms with van der Waals surface area (Å²) in [7, 11) is 0. The van der Waals surface area contributed by atoms with Gasteiger partial charge in [-0.3, -0.25) is 10.2 Å². The number of furan rings is 1. The summed E-state index contributed by atoms with van der Waals surface area (Å²) in [5, 5.41) is 1.04. The lowest BCUT2D eigenvalue weighted by molar-refractivity contribution is 0.0923. The second-order valence-corrected chi connectivity index (χ2v) is 5.62. The Kier molecular flexibility index (Phi) is 2.49. The van der Waals surface area contributed by atoms with Crippen LogP contribution in [-0.2, 0) is 12.8 Å². The fraction of sp³-hybridized carbons (Fsp3) is 0.333. The fourth-order valence-electron chi connectivity index (χ4n) is 2.40. The molecule has 3 rings (SSSR count). The standard InChI is InChI=1S/C12H13N3O2S/c1-5-9-7(17-11(5)12(16)15-13)3-4-8-10(9)14-6(2)18-8/h3-4,13H2,1-2H3,(H,15,16). The molecule has 5 nitrogen and oxygen atoms in total. The number of carbonyl (C=O) groups is 1. The summed E-state index contributed by atoms with van der Waals surface area (Å²) in [6.07, 6.45) is 1.73. The van der Waals surface area contributed by atoms with Gasteiger partial charge in [0.2, 0.25) is 0 Å². The topological polar surface area (TPSA) is 81.2 Å². The Bertz CT molecular complexity index is 642. The van der Waals surface area contributed by atoms with Gasteiger partial charge in [-0.2, -0.15) is 0 Å². The van der Waals surface area contributed by atoms with Gasteiger partial charge in [-0.25, -0.2) is 10.8 Å². The van der Waals surface area contributed by atoms with Gasteiger partial charge in [-0.05, 0) is 20.3 Å². The number of nitrogens with zero attached hydrogens (tertiary/aromatic N) is 1. The van der Waals surface area contributed by atoms with Crippen LogP contribution >= 0.6 is 11.3 Å². The van der Waals surface area contributed by atoms with E-state index in [0.717, 1.165) is 40.4 Å². The highest BCUT2D eigenvalue weighted by molar-refractivity contribution is 7.12. The smallest absolute Gasteiger partial charge is 0.301 e. The van der Waals surface area contributed by atoms with E-state index in [2.05, 4.69) is 10.4 Å². The van der Waals surface area contributed by atoms with Crippen LogP contribution in [0.15, 0.2) is 4.42 Å². The van der Waals surface area contributed by atoms with Crippen molar-refractivity contribution in [3.05, 3.63) is 27.0 Å². The number of fused-ring (bicyclic) bond motifs is 3. The molecule has 0 spiro atoms. The summed E-state index contributed by atoms with van der Waals surface area (Å²) < 4.78 is 5.63. The van der Waals surface area contributed by atoms with Crippen LogP contribution in [0.25, 0.3) is 11.3 Å². The first-order valence-electron chi connectivity index (χ1n) is 5.71. The third-order valence-electron chi connectivity index (χ3n) is 3.18. The summed E-state index contributed by atoms with van der Waals surface area (Å²) in [5.74, 6) is 5.89. The lowest BCUT2D eigenvalue weighted by Crippen LogP contribution is -2.30. The van der Waals surface area contributed by atoms with Crippen molar-refractivity contribution in [2.75, 3.05) is 0 Å². The monoisotopic (exact) mass is 263 g/mol. The van der Waals surface area contributed by atoms with Gasteiger partial charge in [-0.1, -0.05) is 0 Å². The van der Waals surface area contributed by atoms with E-state index in [9.17, 15) is 4.79 Å². The molecule has 0 unspecified atom stereocenters. The molecule has 6 heteroatoms. The van der Waals surface area contributed by atoms with Crippen LogP contribution in [-0.4, -0.2) is 10.9 Å². The maximum Gasteiger partial charge on any atom is 0.301 e. The number of rotatable bonds is 1. The lowest BCUT2D eigenvalue weighted by atomic mass is 9.97. The number of aromatic nitrogens is 1. The normalized spacial score (nSPS) is 13.1. The van der Waals surface area contributed by atoms with Crippen LogP contribution < -0.4 is 11.3 Å². The van der Waals surface area contributed by atoms with Crippen LogP contribution in [0.4, 0.5) is 0 Å². The van der Waals surface area contributed by atoms with Crippen LogP contribution in [0.2, 0.25) is 0 Å². The number of aryl methyl sites for hydroxylation is 3. The number of amides is 1. The van der Waals surface area contributed by atoms with Gasteiger partial charge in [0, 0.05) is 22.4 Å². The number of nitrogens with one attached hydrogen (secondary N) is 1. The van der Waals surface area contributed by atoms with Gasteiger partial charge in [0.1, 0.15) is 5.76 Å². The van der Waals surface area contributed by atoms with Crippen molar-refractivity contribution >= 4 is 17.2 Å². The molecule has 1 aliphatic rings. The average molecular weight is 263 g/mol. The van der Waals surface area contributed by atoms with Crippen LogP contribution in [0.1, 0.15) is 31.8 Å². The molecule has 0 radical (unpaired) electrons. The highest BCUT2D eigenvalue weighted by atomic mass is 32.1. The molecule has 2 heterocycles. The first kappa shape index (κ1) is 11.4. The van der Waals surface area contributed by atoms with E-state index in [4.69, 9.17) is 10.3 Å². The largest absolute Gasteiger partial charge is 0.455 e. The predicted molar refractivity (Wildman–Crippen MR) is 68.4 cm³/mol. The number of hydrazine groups is 1. The molecule has 0 saturated carbocycles. The Labute approximate surface area is 108 Å². The molecule has 0 fully saturated rings. The minimum Gasteiger partial charge on any atom is -0.455 e. The SMILES string of the molecule is Cc1nc2c(s1)CCc1oc(C(=O)NN)c(C)c1-2. The number of carbonyl (C=O) groups excluding carboxylic acids is 1.